The van der Waals surface area contributed by atoms with Gasteiger partial charge in [0.1, 0.15) is 12.4 Å². The molecule has 1 N–H and O–H groups in total. The average molecular weight is 286 g/mol. The predicted octanol–water partition coefficient (Wildman–Crippen LogP) is 2.78. The number of carbonyl (C=O) groups is 1. The SMILES string of the molecule is C[n+]1ccn(CC(=O)O)c1.F[P-](F)(F)(F)(F)F. The second-order valence-corrected chi connectivity index (χ2v) is 5.02. The van der Waals surface area contributed by atoms with Crippen molar-refractivity contribution in [2.45, 2.75) is 6.54 Å². The monoisotopic (exact) mass is 286 g/mol. The van der Waals surface area contributed by atoms with E-state index < -0.39 is 13.8 Å². The van der Waals surface area contributed by atoms with Crippen LogP contribution < -0.4 is 4.57 Å². The number of halogens is 6. The zero-order valence-corrected chi connectivity index (χ0v) is 9.30. The molecule has 0 aliphatic carbocycles. The summed E-state index contributed by atoms with van der Waals surface area (Å²) < 4.78 is 62.6. The molecule has 0 spiro atoms. The standard InChI is InChI=1S/C6H8N2O2.F6P/c1-7-2-3-8(5-7)4-6(9)10;1-7(2,3,4,5)6/h2-3,5H,4H2,1H3;/q;-1/p+1. The van der Waals surface area contributed by atoms with Gasteiger partial charge in [0.05, 0.1) is 7.05 Å². The van der Waals surface area contributed by atoms with Crippen LogP contribution in [0, 0.1) is 0 Å². The fourth-order valence-corrected chi connectivity index (χ4v) is 0.751. The number of hydrogen-bond acceptors (Lipinski definition) is 1. The van der Waals surface area contributed by atoms with E-state index >= 15 is 0 Å². The summed E-state index contributed by atoms with van der Waals surface area (Å²) in [5, 5.41) is 8.35. The van der Waals surface area contributed by atoms with Crippen LogP contribution in [0.1, 0.15) is 0 Å². The third kappa shape index (κ3) is 17.3. The summed E-state index contributed by atoms with van der Waals surface area (Å²) in [5.41, 5.74) is 0. The van der Waals surface area contributed by atoms with E-state index in [4.69, 9.17) is 5.11 Å². The number of carboxylic acid groups (broad SMARTS) is 1. The van der Waals surface area contributed by atoms with Crippen molar-refractivity contribution in [3.63, 3.8) is 0 Å². The molecule has 0 aromatic carbocycles. The van der Waals surface area contributed by atoms with Gasteiger partial charge in [-0.1, -0.05) is 0 Å². The van der Waals surface area contributed by atoms with E-state index in [9.17, 15) is 30.0 Å². The Hall–Kier alpha value is -1.31. The normalized spacial score (nSPS) is 15.2. The molecule has 0 atom stereocenters. The molecule has 0 aliphatic rings. The molecule has 102 valence electrons. The summed E-state index contributed by atoms with van der Waals surface area (Å²) in [6.07, 6.45) is 5.23. The number of hydrogen-bond donors (Lipinski definition) is 1. The fourth-order valence-electron chi connectivity index (χ4n) is 0.751. The van der Waals surface area contributed by atoms with E-state index in [0.29, 0.717) is 0 Å². The van der Waals surface area contributed by atoms with Crippen LogP contribution in [0.5, 0.6) is 0 Å². The minimum absolute atomic E-state index is 0.0286. The van der Waals surface area contributed by atoms with E-state index in [1.807, 2.05) is 7.05 Å². The summed E-state index contributed by atoms with van der Waals surface area (Å²) in [4.78, 5) is 10.1. The van der Waals surface area contributed by atoms with Crippen molar-refractivity contribution in [1.82, 2.24) is 4.57 Å². The van der Waals surface area contributed by atoms with E-state index in [1.54, 1.807) is 27.9 Å². The van der Waals surface area contributed by atoms with Crippen LogP contribution in [0.3, 0.4) is 0 Å². The van der Waals surface area contributed by atoms with Gasteiger partial charge in [0.25, 0.3) is 0 Å². The molecule has 4 nitrogen and oxygen atoms in total. The first-order valence-corrected chi connectivity index (χ1v) is 5.95. The Bertz CT molecular complexity index is 399. The number of aromatic nitrogens is 2. The molecule has 0 aliphatic heterocycles. The van der Waals surface area contributed by atoms with Gasteiger partial charge in [-0.2, -0.15) is 0 Å². The Morgan fingerprint density at radius 3 is 1.94 bits per heavy atom. The molecular weight excluding hydrogens is 277 g/mol. The van der Waals surface area contributed by atoms with E-state index in [2.05, 4.69) is 0 Å². The van der Waals surface area contributed by atoms with Crippen LogP contribution in [0.15, 0.2) is 18.7 Å². The predicted molar refractivity (Wildman–Crippen MR) is 46.8 cm³/mol. The molecule has 11 heteroatoms. The van der Waals surface area contributed by atoms with Crippen LogP contribution in [0.2, 0.25) is 0 Å². The first-order chi connectivity index (χ1) is 7.13. The van der Waals surface area contributed by atoms with Crippen LogP contribution in [0.25, 0.3) is 0 Å². The van der Waals surface area contributed by atoms with E-state index in [1.165, 1.54) is 0 Å². The first-order valence-electron chi connectivity index (χ1n) is 3.93. The van der Waals surface area contributed by atoms with Crippen LogP contribution in [-0.2, 0) is 18.4 Å². The Morgan fingerprint density at radius 2 is 1.71 bits per heavy atom. The zero-order chi connectivity index (χ0) is 14.0. The molecule has 0 saturated carbocycles. The molecule has 1 rings (SSSR count). The van der Waals surface area contributed by atoms with E-state index in [0.717, 1.165) is 0 Å². The minimum atomic E-state index is -10.7. The van der Waals surface area contributed by atoms with Gasteiger partial charge in [-0.15, -0.1) is 0 Å². The van der Waals surface area contributed by atoms with Crippen LogP contribution in [0.4, 0.5) is 25.2 Å². The van der Waals surface area contributed by atoms with Crippen molar-refractivity contribution in [2.75, 3.05) is 0 Å². The molecule has 1 aromatic rings. The first kappa shape index (κ1) is 15.7. The molecule has 1 heterocycles. The Kier molecular flexibility index (Phi) is 3.57. The number of rotatable bonds is 2. The number of aliphatic carboxylic acids is 1. The summed E-state index contributed by atoms with van der Waals surface area (Å²) in [5.74, 6) is -0.823. The van der Waals surface area contributed by atoms with Gasteiger partial charge in [0.15, 0.2) is 6.54 Å². The Balaban J connectivity index is 0.000000325. The second kappa shape index (κ2) is 3.86. The van der Waals surface area contributed by atoms with Crippen molar-refractivity contribution >= 4 is 13.8 Å². The Morgan fingerprint density at radius 1 is 1.29 bits per heavy atom. The molecule has 0 saturated heterocycles. The Labute approximate surface area is 91.3 Å². The van der Waals surface area contributed by atoms with Gasteiger partial charge in [-0.05, 0) is 0 Å². The summed E-state index contributed by atoms with van der Waals surface area (Å²) in [7, 11) is -8.81. The maximum absolute atomic E-state index is 10.7. The van der Waals surface area contributed by atoms with Crippen molar-refractivity contribution in [3.05, 3.63) is 18.7 Å². The van der Waals surface area contributed by atoms with Gasteiger partial charge in [-0.3, -0.25) is 0 Å². The summed E-state index contributed by atoms with van der Waals surface area (Å²) >= 11 is 0. The molecule has 0 unspecified atom stereocenters. The molecule has 0 amide bonds. The third-order valence-electron chi connectivity index (χ3n) is 1.14. The number of nitrogens with zero attached hydrogens (tertiary/aromatic N) is 2. The van der Waals surface area contributed by atoms with Gasteiger partial charge in [0, 0.05) is 0 Å². The number of carboxylic acids is 1. The number of aryl methyl sites for hydroxylation is 1. The van der Waals surface area contributed by atoms with Crippen molar-refractivity contribution in [2.24, 2.45) is 7.05 Å². The van der Waals surface area contributed by atoms with Crippen molar-refractivity contribution in [1.29, 1.82) is 0 Å². The summed E-state index contributed by atoms with van der Waals surface area (Å²) in [6, 6.07) is 0. The van der Waals surface area contributed by atoms with Crippen molar-refractivity contribution in [3.8, 4) is 0 Å². The molecular formula is C6H9F6N2O2P. The quantitative estimate of drug-likeness (QED) is 0.516. The molecule has 17 heavy (non-hydrogen) atoms. The zero-order valence-electron chi connectivity index (χ0n) is 8.40. The molecule has 0 radical (unpaired) electrons. The van der Waals surface area contributed by atoms with Gasteiger partial charge in [0.2, 0.25) is 6.33 Å². The van der Waals surface area contributed by atoms with Crippen LogP contribution in [-0.4, -0.2) is 15.6 Å². The second-order valence-electron chi connectivity index (χ2n) is 3.10. The fraction of sp³-hybridized carbons (Fsp3) is 0.333. The number of imidazole rings is 1. The summed E-state index contributed by atoms with van der Waals surface area (Å²) in [6.45, 7) is 0.0286. The molecule has 0 bridgehead atoms. The van der Waals surface area contributed by atoms with Gasteiger partial charge in [-0.25, -0.2) is 13.9 Å². The van der Waals surface area contributed by atoms with Crippen molar-refractivity contribution < 1.29 is 39.6 Å². The van der Waals surface area contributed by atoms with Crippen LogP contribution >= 0.6 is 7.81 Å². The topological polar surface area (TPSA) is 46.1 Å². The maximum atomic E-state index is 10.1. The van der Waals surface area contributed by atoms with Gasteiger partial charge >= 0.3 is 39.0 Å². The van der Waals surface area contributed by atoms with Gasteiger partial charge < -0.3 is 5.11 Å². The molecule has 1 aromatic heterocycles. The van der Waals surface area contributed by atoms with E-state index in [-0.39, 0.29) is 6.54 Å². The third-order valence-corrected chi connectivity index (χ3v) is 1.14. The average Bonchev–Trinajstić information content (AvgIpc) is 2.26. The molecule has 0 fully saturated rings.